The van der Waals surface area contributed by atoms with Crippen LogP contribution in [0.4, 0.5) is 5.69 Å². The summed E-state index contributed by atoms with van der Waals surface area (Å²) in [6.07, 6.45) is 1.67. The number of carbonyl (C=O) groups is 1. The Kier molecular flexibility index (Phi) is 4.87. The normalized spacial score (nSPS) is 15.5. The van der Waals surface area contributed by atoms with Crippen LogP contribution in [-0.2, 0) is 21.4 Å². The number of aromatic nitrogens is 2. The molecule has 1 aliphatic heterocycles. The first kappa shape index (κ1) is 18.6. The number of piperazine rings is 1. The first-order valence-corrected chi connectivity index (χ1v) is 10.8. The van der Waals surface area contributed by atoms with E-state index in [1.807, 2.05) is 0 Å². The molecule has 4 rings (SSSR count). The number of nitrogens with zero attached hydrogens (tertiary/aromatic N) is 3. The van der Waals surface area contributed by atoms with E-state index in [-0.39, 0.29) is 36.0 Å². The summed E-state index contributed by atoms with van der Waals surface area (Å²) >= 11 is 1.37. The molecule has 0 radical (unpaired) electrons. The molecule has 3 aromatic rings. The van der Waals surface area contributed by atoms with Gasteiger partial charge in [0.05, 0.1) is 23.7 Å². The third-order valence-corrected chi connectivity index (χ3v) is 6.90. The summed E-state index contributed by atoms with van der Waals surface area (Å²) in [5.74, 6) is -0.314. The highest BCUT2D eigenvalue weighted by atomic mass is 32.2. The summed E-state index contributed by atoms with van der Waals surface area (Å²) in [4.78, 5) is 28.7. The summed E-state index contributed by atoms with van der Waals surface area (Å²) in [7, 11) is -3.76. The lowest BCUT2D eigenvalue weighted by molar-refractivity contribution is -0.122. The lowest BCUT2D eigenvalue weighted by atomic mass is 10.3. The predicted molar refractivity (Wildman–Crippen MR) is 105 cm³/mol. The fourth-order valence-electron chi connectivity index (χ4n) is 2.91. The van der Waals surface area contributed by atoms with Crippen LogP contribution < -0.4 is 16.2 Å². The molecule has 0 spiro atoms. The molecule has 3 heterocycles. The van der Waals surface area contributed by atoms with Gasteiger partial charge in [0.15, 0.2) is 4.96 Å². The number of sulfonamides is 1. The minimum Gasteiger partial charge on any atom is -0.379 e. The predicted octanol–water partition coefficient (Wildman–Crippen LogP) is 0.489. The summed E-state index contributed by atoms with van der Waals surface area (Å²) in [5.41, 5.74) is 0.979. The Labute approximate surface area is 164 Å². The van der Waals surface area contributed by atoms with Crippen LogP contribution >= 0.6 is 11.3 Å². The number of benzene rings is 1. The quantitative estimate of drug-likeness (QED) is 0.622. The average Bonchev–Trinajstić information content (AvgIpc) is 3.16. The van der Waals surface area contributed by atoms with Crippen LogP contribution in [0.25, 0.3) is 4.96 Å². The zero-order chi connectivity index (χ0) is 19.7. The first-order chi connectivity index (χ1) is 13.4. The molecule has 0 unspecified atom stereocenters. The third kappa shape index (κ3) is 3.63. The van der Waals surface area contributed by atoms with Crippen molar-refractivity contribution in [3.63, 3.8) is 0 Å². The standard InChI is InChI=1S/C17H17N5O4S2/c23-15-11-21(5-4-18-15)28(25,26)14-3-1-2-12(8-14)19-10-13-9-16(24)22-6-7-27-17(22)20-13/h1-3,6-9,19H,4-5,10-11H2,(H,18,23). The Morgan fingerprint density at radius 3 is 2.93 bits per heavy atom. The maximum Gasteiger partial charge on any atom is 0.258 e. The Morgan fingerprint density at radius 1 is 1.25 bits per heavy atom. The summed E-state index contributed by atoms with van der Waals surface area (Å²) in [6, 6.07) is 7.82. The fraction of sp³-hybridized carbons (Fsp3) is 0.235. The summed E-state index contributed by atoms with van der Waals surface area (Å²) in [5, 5.41) is 7.50. The number of rotatable bonds is 5. The largest absolute Gasteiger partial charge is 0.379 e. The third-order valence-electron chi connectivity index (χ3n) is 4.31. The zero-order valence-corrected chi connectivity index (χ0v) is 16.3. The molecule has 9 nitrogen and oxygen atoms in total. The maximum absolute atomic E-state index is 12.8. The van der Waals surface area contributed by atoms with Crippen molar-refractivity contribution in [2.24, 2.45) is 0 Å². The number of hydrogen-bond donors (Lipinski definition) is 2. The number of carbonyl (C=O) groups excluding carboxylic acids is 1. The van der Waals surface area contributed by atoms with E-state index in [0.717, 1.165) is 4.31 Å². The molecule has 11 heteroatoms. The van der Waals surface area contributed by atoms with Gasteiger partial charge in [0.2, 0.25) is 15.9 Å². The fourth-order valence-corrected chi connectivity index (χ4v) is 5.09. The van der Waals surface area contributed by atoms with Crippen LogP contribution in [-0.4, -0.2) is 47.6 Å². The second-order valence-electron chi connectivity index (χ2n) is 6.21. The van der Waals surface area contributed by atoms with E-state index < -0.39 is 10.0 Å². The van der Waals surface area contributed by atoms with Crippen molar-refractivity contribution < 1.29 is 13.2 Å². The van der Waals surface area contributed by atoms with Gasteiger partial charge in [-0.05, 0) is 18.2 Å². The molecule has 2 aromatic heterocycles. The van der Waals surface area contributed by atoms with Crippen molar-refractivity contribution in [3.8, 4) is 0 Å². The van der Waals surface area contributed by atoms with Gasteiger partial charge in [0.1, 0.15) is 0 Å². The van der Waals surface area contributed by atoms with E-state index in [0.29, 0.717) is 22.9 Å². The van der Waals surface area contributed by atoms with Gasteiger partial charge >= 0.3 is 0 Å². The smallest absolute Gasteiger partial charge is 0.258 e. The highest BCUT2D eigenvalue weighted by Crippen LogP contribution is 2.20. The SMILES string of the molecule is O=C1CN(S(=O)(=O)c2cccc(NCc3cc(=O)n4ccsc4n3)c2)CCN1. The molecule has 0 bridgehead atoms. The number of hydrogen-bond acceptors (Lipinski definition) is 7. The number of amides is 1. The van der Waals surface area contributed by atoms with Crippen LogP contribution in [0.15, 0.2) is 51.6 Å². The van der Waals surface area contributed by atoms with Gasteiger partial charge in [-0.15, -0.1) is 11.3 Å². The number of thiazole rings is 1. The van der Waals surface area contributed by atoms with E-state index >= 15 is 0 Å². The zero-order valence-electron chi connectivity index (χ0n) is 14.7. The first-order valence-electron chi connectivity index (χ1n) is 8.50. The molecule has 0 saturated carbocycles. The molecule has 0 atom stereocenters. The second-order valence-corrected chi connectivity index (χ2v) is 9.02. The molecule has 1 aliphatic rings. The van der Waals surface area contributed by atoms with Crippen molar-refractivity contribution in [2.75, 3.05) is 25.0 Å². The molecule has 0 aliphatic carbocycles. The highest BCUT2D eigenvalue weighted by Gasteiger charge is 2.29. The molecule has 2 N–H and O–H groups in total. The summed E-state index contributed by atoms with van der Waals surface area (Å²) in [6.45, 7) is 0.622. The van der Waals surface area contributed by atoms with Crippen molar-refractivity contribution in [1.82, 2.24) is 19.0 Å². The van der Waals surface area contributed by atoms with Gasteiger partial charge in [0, 0.05) is 36.4 Å². The molecular formula is C17H17N5O4S2. The maximum atomic E-state index is 12.8. The number of anilines is 1. The lowest BCUT2D eigenvalue weighted by Crippen LogP contribution is -2.49. The molecule has 1 aromatic carbocycles. The van der Waals surface area contributed by atoms with Gasteiger partial charge < -0.3 is 10.6 Å². The highest BCUT2D eigenvalue weighted by molar-refractivity contribution is 7.89. The minimum atomic E-state index is -3.76. The van der Waals surface area contributed by atoms with Gasteiger partial charge in [-0.1, -0.05) is 6.07 Å². The monoisotopic (exact) mass is 419 g/mol. The van der Waals surface area contributed by atoms with Crippen molar-refractivity contribution >= 4 is 37.9 Å². The average molecular weight is 419 g/mol. The molecule has 1 amide bonds. The van der Waals surface area contributed by atoms with Gasteiger partial charge in [-0.3, -0.25) is 14.0 Å². The number of nitrogens with one attached hydrogen (secondary N) is 2. The molecule has 1 saturated heterocycles. The van der Waals surface area contributed by atoms with Crippen molar-refractivity contribution in [2.45, 2.75) is 11.4 Å². The Morgan fingerprint density at radius 2 is 2.11 bits per heavy atom. The van der Waals surface area contributed by atoms with Crippen molar-refractivity contribution in [3.05, 3.63) is 58.0 Å². The molecular weight excluding hydrogens is 402 g/mol. The van der Waals surface area contributed by atoms with Crippen LogP contribution in [0, 0.1) is 0 Å². The summed E-state index contributed by atoms with van der Waals surface area (Å²) < 4.78 is 28.2. The topological polar surface area (TPSA) is 113 Å². The van der Waals surface area contributed by atoms with Crippen molar-refractivity contribution in [1.29, 1.82) is 0 Å². The lowest BCUT2D eigenvalue weighted by Gasteiger charge is -2.26. The van der Waals surface area contributed by atoms with Gasteiger partial charge in [0.25, 0.3) is 5.56 Å². The van der Waals surface area contributed by atoms with E-state index in [2.05, 4.69) is 15.6 Å². The molecule has 1 fully saturated rings. The number of fused-ring (bicyclic) bond motifs is 1. The minimum absolute atomic E-state index is 0.105. The van der Waals surface area contributed by atoms with E-state index in [1.165, 1.54) is 33.9 Å². The van der Waals surface area contributed by atoms with Gasteiger partial charge in [-0.25, -0.2) is 13.4 Å². The van der Waals surface area contributed by atoms with E-state index in [9.17, 15) is 18.0 Å². The second kappa shape index (κ2) is 7.34. The van der Waals surface area contributed by atoms with Gasteiger partial charge in [-0.2, -0.15) is 4.31 Å². The van der Waals surface area contributed by atoms with Crippen LogP contribution in [0.3, 0.4) is 0 Å². The molecule has 28 heavy (non-hydrogen) atoms. The molecule has 146 valence electrons. The van der Waals surface area contributed by atoms with Crippen LogP contribution in [0.1, 0.15) is 5.69 Å². The Hall–Kier alpha value is -2.76. The van der Waals surface area contributed by atoms with Crippen LogP contribution in [0.5, 0.6) is 0 Å². The Balaban J connectivity index is 1.53. The van der Waals surface area contributed by atoms with Crippen LogP contribution in [0.2, 0.25) is 0 Å². The van der Waals surface area contributed by atoms with E-state index in [4.69, 9.17) is 0 Å². The Bertz CT molecular complexity index is 1200. The van der Waals surface area contributed by atoms with E-state index in [1.54, 1.807) is 23.7 Å².